The second-order valence-electron chi connectivity index (χ2n) is 4.21. The molecule has 2 aromatic carbocycles. The average molecular weight is 320 g/mol. The van der Waals surface area contributed by atoms with Gasteiger partial charge in [-0.15, -0.1) is 0 Å². The first-order chi connectivity index (χ1) is 9.19. The molecule has 0 atom stereocenters. The minimum atomic E-state index is 0.520. The van der Waals surface area contributed by atoms with Crippen molar-refractivity contribution in [3.8, 4) is 5.75 Å². The van der Waals surface area contributed by atoms with Crippen LogP contribution in [0.3, 0.4) is 0 Å². The van der Waals surface area contributed by atoms with Crippen LogP contribution in [0.4, 0.5) is 0 Å². The van der Waals surface area contributed by atoms with E-state index in [4.69, 9.17) is 9.94 Å². The molecule has 2 rings (SSSR count). The van der Waals surface area contributed by atoms with Gasteiger partial charge in [0.05, 0.1) is 10.7 Å². The van der Waals surface area contributed by atoms with Crippen LogP contribution in [0.2, 0.25) is 0 Å². The Morgan fingerprint density at radius 3 is 2.58 bits per heavy atom. The Morgan fingerprint density at radius 2 is 1.95 bits per heavy atom. The molecule has 1 N–H and O–H groups in total. The zero-order valence-electron chi connectivity index (χ0n) is 10.5. The number of halogens is 1. The van der Waals surface area contributed by atoms with Crippen LogP contribution in [0.15, 0.2) is 52.1 Å². The summed E-state index contributed by atoms with van der Waals surface area (Å²) in [4.78, 5) is 0. The van der Waals surface area contributed by atoms with Gasteiger partial charge < -0.3 is 9.94 Å². The van der Waals surface area contributed by atoms with E-state index in [-0.39, 0.29) is 0 Å². The van der Waals surface area contributed by atoms with Gasteiger partial charge in [-0.05, 0) is 52.2 Å². The Kier molecular flexibility index (Phi) is 4.58. The van der Waals surface area contributed by atoms with Crippen molar-refractivity contribution in [2.24, 2.45) is 5.16 Å². The molecule has 0 bridgehead atoms. The van der Waals surface area contributed by atoms with Gasteiger partial charge in [0.2, 0.25) is 0 Å². The molecule has 3 nitrogen and oxygen atoms in total. The molecule has 0 fully saturated rings. The maximum absolute atomic E-state index is 8.48. The maximum Gasteiger partial charge on any atom is 0.134 e. The molecule has 19 heavy (non-hydrogen) atoms. The van der Waals surface area contributed by atoms with Crippen LogP contribution in [-0.4, -0.2) is 11.4 Å². The minimum absolute atomic E-state index is 0.520. The summed E-state index contributed by atoms with van der Waals surface area (Å²) >= 11 is 3.43. The topological polar surface area (TPSA) is 41.8 Å². The highest BCUT2D eigenvalue weighted by Crippen LogP contribution is 2.26. The first-order valence-corrected chi connectivity index (χ1v) is 6.63. The van der Waals surface area contributed by atoms with Crippen molar-refractivity contribution in [2.45, 2.75) is 13.5 Å². The summed E-state index contributed by atoms with van der Waals surface area (Å²) in [5.74, 6) is 0.760. The Morgan fingerprint density at radius 1 is 1.21 bits per heavy atom. The summed E-state index contributed by atoms with van der Waals surface area (Å²) in [6.07, 6.45) is 1.37. The Hall–Kier alpha value is -1.81. The van der Waals surface area contributed by atoms with Crippen molar-refractivity contribution in [1.82, 2.24) is 0 Å². The van der Waals surface area contributed by atoms with Crippen molar-refractivity contribution in [2.75, 3.05) is 0 Å². The fourth-order valence-corrected chi connectivity index (χ4v) is 2.14. The van der Waals surface area contributed by atoms with Crippen LogP contribution in [0, 0.1) is 6.92 Å². The molecule has 4 heteroatoms. The van der Waals surface area contributed by atoms with Gasteiger partial charge in [0, 0.05) is 0 Å². The van der Waals surface area contributed by atoms with Gasteiger partial charge in [0.15, 0.2) is 0 Å². The molecule has 0 unspecified atom stereocenters. The van der Waals surface area contributed by atoms with Gasteiger partial charge >= 0.3 is 0 Å². The normalized spacial score (nSPS) is 10.8. The van der Waals surface area contributed by atoms with E-state index < -0.39 is 0 Å². The van der Waals surface area contributed by atoms with Crippen molar-refractivity contribution >= 4 is 22.1 Å². The fourth-order valence-electron chi connectivity index (χ4n) is 1.63. The molecular formula is C15H14BrNO2. The minimum Gasteiger partial charge on any atom is -0.488 e. The van der Waals surface area contributed by atoms with E-state index in [1.807, 2.05) is 18.2 Å². The molecule has 0 aliphatic rings. The molecule has 0 aliphatic heterocycles. The molecule has 0 saturated carbocycles. The number of nitrogens with zero attached hydrogens (tertiary/aromatic N) is 1. The summed E-state index contributed by atoms with van der Waals surface area (Å²) in [6, 6.07) is 13.7. The lowest BCUT2D eigenvalue weighted by Gasteiger charge is -2.09. The number of rotatable bonds is 4. The van der Waals surface area contributed by atoms with E-state index in [2.05, 4.69) is 52.3 Å². The van der Waals surface area contributed by atoms with E-state index in [0.29, 0.717) is 6.61 Å². The smallest absolute Gasteiger partial charge is 0.134 e. The highest BCUT2D eigenvalue weighted by atomic mass is 79.9. The van der Waals surface area contributed by atoms with Crippen molar-refractivity contribution in [3.63, 3.8) is 0 Å². The molecule has 0 aliphatic carbocycles. The molecule has 2 aromatic rings. The number of oxime groups is 1. The Balaban J connectivity index is 2.05. The third-order valence-corrected chi connectivity index (χ3v) is 3.30. The van der Waals surface area contributed by atoms with E-state index >= 15 is 0 Å². The molecule has 0 aromatic heterocycles. The molecule has 0 amide bonds. The van der Waals surface area contributed by atoms with Crippen molar-refractivity contribution in [1.29, 1.82) is 0 Å². The van der Waals surface area contributed by atoms with Gasteiger partial charge in [-0.2, -0.15) is 0 Å². The quantitative estimate of drug-likeness (QED) is 0.522. The third kappa shape index (κ3) is 3.83. The first-order valence-electron chi connectivity index (χ1n) is 5.84. The zero-order valence-corrected chi connectivity index (χ0v) is 12.1. The highest BCUT2D eigenvalue weighted by molar-refractivity contribution is 9.10. The van der Waals surface area contributed by atoms with Crippen LogP contribution in [-0.2, 0) is 6.61 Å². The number of hydrogen-bond donors (Lipinski definition) is 1. The molecular weight excluding hydrogens is 306 g/mol. The lowest BCUT2D eigenvalue weighted by atomic mass is 10.2. The fraction of sp³-hybridized carbons (Fsp3) is 0.133. The van der Waals surface area contributed by atoms with E-state index in [9.17, 15) is 0 Å². The Bertz CT molecular complexity index is 579. The van der Waals surface area contributed by atoms with Crippen LogP contribution in [0.5, 0.6) is 5.75 Å². The third-order valence-electron chi connectivity index (χ3n) is 2.68. The van der Waals surface area contributed by atoms with Crippen molar-refractivity contribution < 1.29 is 9.94 Å². The molecule has 0 spiro atoms. The molecule has 98 valence electrons. The van der Waals surface area contributed by atoms with Gasteiger partial charge in [-0.3, -0.25) is 0 Å². The van der Waals surface area contributed by atoms with Gasteiger partial charge in [-0.25, -0.2) is 0 Å². The van der Waals surface area contributed by atoms with Gasteiger partial charge in [0.25, 0.3) is 0 Å². The van der Waals surface area contributed by atoms with Gasteiger partial charge in [-0.1, -0.05) is 35.0 Å². The van der Waals surface area contributed by atoms with E-state index in [1.54, 1.807) is 0 Å². The number of ether oxygens (including phenoxy) is 1. The molecule has 0 heterocycles. The van der Waals surface area contributed by atoms with Crippen LogP contribution >= 0.6 is 15.9 Å². The average Bonchev–Trinajstić information content (AvgIpc) is 2.40. The number of benzene rings is 2. The molecule has 0 radical (unpaired) electrons. The lowest BCUT2D eigenvalue weighted by molar-refractivity contribution is 0.304. The van der Waals surface area contributed by atoms with Gasteiger partial charge in [0.1, 0.15) is 12.4 Å². The van der Waals surface area contributed by atoms with Crippen molar-refractivity contribution in [3.05, 3.63) is 63.6 Å². The summed E-state index contributed by atoms with van der Waals surface area (Å²) in [7, 11) is 0. The number of aryl methyl sites for hydroxylation is 1. The van der Waals surface area contributed by atoms with Crippen LogP contribution < -0.4 is 4.74 Å². The Labute approximate surface area is 120 Å². The first kappa shape index (κ1) is 13.6. The highest BCUT2D eigenvalue weighted by Gasteiger charge is 2.02. The monoisotopic (exact) mass is 319 g/mol. The standard InChI is InChI=1S/C15H14BrNO2/c1-11-2-4-12(5-3-11)10-19-15-7-6-13(9-17-18)8-14(15)16/h2-9,18H,10H2,1H3. The second kappa shape index (κ2) is 6.38. The zero-order chi connectivity index (χ0) is 13.7. The lowest BCUT2D eigenvalue weighted by Crippen LogP contribution is -1.96. The predicted octanol–water partition coefficient (Wildman–Crippen LogP) is 4.14. The summed E-state index contributed by atoms with van der Waals surface area (Å²) in [6.45, 7) is 2.58. The van der Waals surface area contributed by atoms with E-state index in [0.717, 1.165) is 21.3 Å². The summed E-state index contributed by atoms with van der Waals surface area (Å²) in [5, 5.41) is 11.5. The number of hydrogen-bond acceptors (Lipinski definition) is 3. The maximum atomic E-state index is 8.48. The SMILES string of the molecule is Cc1ccc(COc2ccc(C=NO)cc2Br)cc1. The predicted molar refractivity (Wildman–Crippen MR) is 79.0 cm³/mol. The summed E-state index contributed by atoms with van der Waals surface area (Å²) in [5.41, 5.74) is 3.16. The molecule has 0 saturated heterocycles. The summed E-state index contributed by atoms with van der Waals surface area (Å²) < 4.78 is 6.57. The van der Waals surface area contributed by atoms with Crippen LogP contribution in [0.1, 0.15) is 16.7 Å². The largest absolute Gasteiger partial charge is 0.488 e. The van der Waals surface area contributed by atoms with E-state index in [1.165, 1.54) is 11.8 Å². The second-order valence-corrected chi connectivity index (χ2v) is 5.06. The van der Waals surface area contributed by atoms with Crippen LogP contribution in [0.25, 0.3) is 0 Å².